The van der Waals surface area contributed by atoms with Gasteiger partial charge in [-0.05, 0) is 49.1 Å². The van der Waals surface area contributed by atoms with Crippen LogP contribution < -0.4 is 0 Å². The topological polar surface area (TPSA) is 59.3 Å². The van der Waals surface area contributed by atoms with E-state index in [0.29, 0.717) is 24.7 Å². The minimum Gasteiger partial charge on any atom is -0.374 e. The largest absolute Gasteiger partial charge is 0.374 e. The standard InChI is InChI=1S/C16H23FN6O/c1-12-4-5-14(17)15(8-12)23-16(18-19-20-23)11-22-6-7-24-13(10-22)9-21(2)3/h4-5,8,13H,6-7,9-11H2,1-3H3/t13-/m1/s1. The van der Waals surface area contributed by atoms with Crippen LogP contribution in [0.2, 0.25) is 0 Å². The summed E-state index contributed by atoms with van der Waals surface area (Å²) in [5.41, 5.74) is 1.35. The molecule has 3 rings (SSSR count). The van der Waals surface area contributed by atoms with Gasteiger partial charge in [-0.25, -0.2) is 4.39 Å². The first kappa shape index (κ1) is 16.9. The fraction of sp³-hybridized carbons (Fsp3) is 0.562. The van der Waals surface area contributed by atoms with Crippen molar-refractivity contribution in [3.8, 4) is 5.69 Å². The summed E-state index contributed by atoms with van der Waals surface area (Å²) in [6.07, 6.45) is 0.161. The van der Waals surface area contributed by atoms with Crippen molar-refractivity contribution in [3.05, 3.63) is 35.4 Å². The fourth-order valence-corrected chi connectivity index (χ4v) is 2.92. The molecular weight excluding hydrogens is 311 g/mol. The molecule has 0 amide bonds. The Morgan fingerprint density at radius 3 is 3.00 bits per heavy atom. The molecule has 7 nitrogen and oxygen atoms in total. The van der Waals surface area contributed by atoms with Gasteiger partial charge in [0.2, 0.25) is 0 Å². The zero-order valence-corrected chi connectivity index (χ0v) is 14.3. The van der Waals surface area contributed by atoms with Gasteiger partial charge in [-0.1, -0.05) is 6.07 Å². The van der Waals surface area contributed by atoms with E-state index in [2.05, 4.69) is 25.3 Å². The number of aryl methyl sites for hydroxylation is 1. The molecule has 1 aliphatic heterocycles. The first-order valence-electron chi connectivity index (χ1n) is 8.05. The quantitative estimate of drug-likeness (QED) is 0.809. The minimum absolute atomic E-state index is 0.161. The molecular formula is C16H23FN6O. The number of rotatable bonds is 5. The maximum absolute atomic E-state index is 14.1. The van der Waals surface area contributed by atoms with Crippen LogP contribution in [0.4, 0.5) is 4.39 Å². The molecule has 130 valence electrons. The van der Waals surface area contributed by atoms with Crippen LogP contribution in [0.25, 0.3) is 5.69 Å². The third-order valence-corrected chi connectivity index (χ3v) is 4.02. The molecule has 8 heteroatoms. The van der Waals surface area contributed by atoms with Gasteiger partial charge < -0.3 is 9.64 Å². The SMILES string of the molecule is Cc1ccc(F)c(-n2nnnc2CN2CCO[C@H](CN(C)C)C2)c1. The summed E-state index contributed by atoms with van der Waals surface area (Å²) in [5.74, 6) is 0.298. The molecule has 2 heterocycles. The number of tetrazole rings is 1. The van der Waals surface area contributed by atoms with Crippen molar-refractivity contribution >= 4 is 0 Å². The maximum Gasteiger partial charge on any atom is 0.170 e. The van der Waals surface area contributed by atoms with Gasteiger partial charge in [0.1, 0.15) is 11.5 Å². The molecule has 0 unspecified atom stereocenters. The Kier molecular flexibility index (Phi) is 5.17. The summed E-state index contributed by atoms with van der Waals surface area (Å²) in [5, 5.41) is 11.8. The Hall–Kier alpha value is -1.90. The average Bonchev–Trinajstić information content (AvgIpc) is 2.97. The molecule has 2 aromatic rings. The van der Waals surface area contributed by atoms with Crippen LogP contribution in [-0.4, -0.2) is 76.4 Å². The van der Waals surface area contributed by atoms with Gasteiger partial charge in [0, 0.05) is 19.6 Å². The Labute approximate surface area is 141 Å². The highest BCUT2D eigenvalue weighted by Crippen LogP contribution is 2.17. The number of likely N-dealkylation sites (N-methyl/N-ethyl adjacent to an activating group) is 1. The van der Waals surface area contributed by atoms with Crippen molar-refractivity contribution < 1.29 is 9.13 Å². The Balaban J connectivity index is 1.75. The van der Waals surface area contributed by atoms with E-state index in [1.54, 1.807) is 12.1 Å². The lowest BCUT2D eigenvalue weighted by Gasteiger charge is -2.33. The molecule has 0 bridgehead atoms. The van der Waals surface area contributed by atoms with Crippen LogP contribution in [-0.2, 0) is 11.3 Å². The van der Waals surface area contributed by atoms with Crippen molar-refractivity contribution in [3.63, 3.8) is 0 Å². The first-order chi connectivity index (χ1) is 11.5. The number of ether oxygens (including phenoxy) is 1. The lowest BCUT2D eigenvalue weighted by molar-refractivity contribution is -0.0415. The lowest BCUT2D eigenvalue weighted by atomic mass is 10.2. The highest BCUT2D eigenvalue weighted by molar-refractivity contribution is 5.36. The zero-order valence-electron chi connectivity index (χ0n) is 14.3. The highest BCUT2D eigenvalue weighted by atomic mass is 19.1. The molecule has 0 radical (unpaired) electrons. The van der Waals surface area contributed by atoms with E-state index in [9.17, 15) is 4.39 Å². The molecule has 0 N–H and O–H groups in total. The molecule has 1 atom stereocenters. The van der Waals surface area contributed by atoms with Gasteiger partial charge in [0.05, 0.1) is 19.3 Å². The van der Waals surface area contributed by atoms with Crippen LogP contribution in [0, 0.1) is 12.7 Å². The van der Waals surface area contributed by atoms with Crippen LogP contribution in [0.3, 0.4) is 0 Å². The monoisotopic (exact) mass is 334 g/mol. The predicted molar refractivity (Wildman–Crippen MR) is 87.4 cm³/mol. The van der Waals surface area contributed by atoms with E-state index in [4.69, 9.17) is 4.74 Å². The molecule has 1 fully saturated rings. The Morgan fingerprint density at radius 1 is 1.38 bits per heavy atom. The van der Waals surface area contributed by atoms with Gasteiger partial charge in [-0.15, -0.1) is 5.10 Å². The van der Waals surface area contributed by atoms with E-state index in [-0.39, 0.29) is 11.9 Å². The third-order valence-electron chi connectivity index (χ3n) is 4.02. The zero-order chi connectivity index (χ0) is 17.1. The highest BCUT2D eigenvalue weighted by Gasteiger charge is 2.23. The number of morpholine rings is 1. The van der Waals surface area contributed by atoms with Crippen molar-refractivity contribution in [2.45, 2.75) is 19.6 Å². The number of benzene rings is 1. The second-order valence-corrected chi connectivity index (χ2v) is 6.45. The second kappa shape index (κ2) is 7.33. The smallest absolute Gasteiger partial charge is 0.170 e. The molecule has 24 heavy (non-hydrogen) atoms. The van der Waals surface area contributed by atoms with E-state index in [1.165, 1.54) is 10.7 Å². The minimum atomic E-state index is -0.332. The molecule has 1 aliphatic rings. The molecule has 0 spiro atoms. The summed E-state index contributed by atoms with van der Waals surface area (Å²) in [4.78, 5) is 4.36. The third kappa shape index (κ3) is 3.95. The van der Waals surface area contributed by atoms with Crippen LogP contribution in [0.15, 0.2) is 18.2 Å². The Bertz CT molecular complexity index is 689. The van der Waals surface area contributed by atoms with E-state index >= 15 is 0 Å². The van der Waals surface area contributed by atoms with E-state index in [1.807, 2.05) is 21.0 Å². The van der Waals surface area contributed by atoms with E-state index < -0.39 is 0 Å². The average molecular weight is 334 g/mol. The number of halogens is 1. The Morgan fingerprint density at radius 2 is 2.21 bits per heavy atom. The number of nitrogens with zero attached hydrogens (tertiary/aromatic N) is 6. The molecule has 1 aromatic heterocycles. The van der Waals surface area contributed by atoms with Gasteiger partial charge in [-0.3, -0.25) is 4.90 Å². The van der Waals surface area contributed by atoms with Crippen molar-refractivity contribution in [1.82, 2.24) is 30.0 Å². The number of aromatic nitrogens is 4. The van der Waals surface area contributed by atoms with Crippen LogP contribution in [0.1, 0.15) is 11.4 Å². The fourth-order valence-electron chi connectivity index (χ4n) is 2.92. The van der Waals surface area contributed by atoms with Crippen LogP contribution >= 0.6 is 0 Å². The van der Waals surface area contributed by atoms with Crippen LogP contribution in [0.5, 0.6) is 0 Å². The summed E-state index contributed by atoms with van der Waals surface area (Å²) in [7, 11) is 4.06. The van der Waals surface area contributed by atoms with Gasteiger partial charge >= 0.3 is 0 Å². The number of hydrogen-bond donors (Lipinski definition) is 0. The molecule has 1 aromatic carbocycles. The van der Waals surface area contributed by atoms with Crippen molar-refractivity contribution in [2.24, 2.45) is 0 Å². The van der Waals surface area contributed by atoms with Crippen molar-refractivity contribution in [2.75, 3.05) is 40.3 Å². The summed E-state index contributed by atoms with van der Waals surface area (Å²) < 4.78 is 21.4. The summed E-state index contributed by atoms with van der Waals surface area (Å²) in [6, 6.07) is 4.93. The lowest BCUT2D eigenvalue weighted by Crippen LogP contribution is -2.46. The van der Waals surface area contributed by atoms with Gasteiger partial charge in [-0.2, -0.15) is 4.68 Å². The molecule has 0 aliphatic carbocycles. The van der Waals surface area contributed by atoms with Crippen molar-refractivity contribution in [1.29, 1.82) is 0 Å². The van der Waals surface area contributed by atoms with Gasteiger partial charge in [0.15, 0.2) is 5.82 Å². The van der Waals surface area contributed by atoms with E-state index in [0.717, 1.165) is 25.2 Å². The summed E-state index contributed by atoms with van der Waals surface area (Å²) >= 11 is 0. The number of hydrogen-bond acceptors (Lipinski definition) is 6. The predicted octanol–water partition coefficient (Wildman–Crippen LogP) is 0.872. The molecule has 0 saturated carbocycles. The van der Waals surface area contributed by atoms with Gasteiger partial charge in [0.25, 0.3) is 0 Å². The first-order valence-corrected chi connectivity index (χ1v) is 8.05. The summed E-state index contributed by atoms with van der Waals surface area (Å²) in [6.45, 7) is 5.65. The normalized spacial score (nSPS) is 19.1. The second-order valence-electron chi connectivity index (χ2n) is 6.45. The maximum atomic E-state index is 14.1. The molecule has 1 saturated heterocycles.